The van der Waals surface area contributed by atoms with E-state index in [0.717, 1.165) is 19.4 Å². The van der Waals surface area contributed by atoms with Crippen LogP contribution in [0.4, 0.5) is 13.2 Å². The second kappa shape index (κ2) is 4.96. The van der Waals surface area contributed by atoms with E-state index >= 15 is 0 Å². The molecule has 2 aliphatic heterocycles. The molecule has 1 N–H and O–H groups in total. The normalized spacial score (nSPS) is 30.9. The number of amides is 1. The zero-order valence-corrected chi connectivity index (χ0v) is 11.4. The SMILES string of the molecule is CC1(C)C(C(F)(F)F)CCN1C(=O)CC1CCCN1. The maximum absolute atomic E-state index is 12.9. The molecule has 110 valence electrons. The summed E-state index contributed by atoms with van der Waals surface area (Å²) in [5, 5.41) is 3.21. The van der Waals surface area contributed by atoms with Gasteiger partial charge in [-0.15, -0.1) is 0 Å². The zero-order valence-electron chi connectivity index (χ0n) is 11.4. The first kappa shape index (κ1) is 14.6. The molecule has 0 bridgehead atoms. The number of hydrogen-bond acceptors (Lipinski definition) is 2. The first-order valence-corrected chi connectivity index (χ1v) is 6.83. The van der Waals surface area contributed by atoms with Gasteiger partial charge in [0.15, 0.2) is 0 Å². The van der Waals surface area contributed by atoms with Crippen molar-refractivity contribution in [1.29, 1.82) is 0 Å². The molecule has 0 aromatic carbocycles. The summed E-state index contributed by atoms with van der Waals surface area (Å²) in [5.74, 6) is -1.57. The van der Waals surface area contributed by atoms with Gasteiger partial charge in [0.2, 0.25) is 5.91 Å². The van der Waals surface area contributed by atoms with Gasteiger partial charge in [-0.3, -0.25) is 4.79 Å². The lowest BCUT2D eigenvalue weighted by atomic mass is 9.87. The standard InChI is InChI=1S/C13H21F3N2O/c1-12(2)10(13(14,15)16)5-7-18(12)11(19)8-9-4-3-6-17-9/h9-10,17H,3-8H2,1-2H3. The molecule has 2 saturated heterocycles. The van der Waals surface area contributed by atoms with Crippen molar-refractivity contribution < 1.29 is 18.0 Å². The Balaban J connectivity index is 2.02. The van der Waals surface area contributed by atoms with E-state index in [4.69, 9.17) is 0 Å². The second-order valence-electron chi connectivity index (χ2n) is 6.08. The molecular weight excluding hydrogens is 257 g/mol. The average Bonchev–Trinajstić information content (AvgIpc) is 2.83. The van der Waals surface area contributed by atoms with E-state index in [9.17, 15) is 18.0 Å². The summed E-state index contributed by atoms with van der Waals surface area (Å²) in [4.78, 5) is 13.6. The van der Waals surface area contributed by atoms with Gasteiger partial charge in [-0.25, -0.2) is 0 Å². The van der Waals surface area contributed by atoms with Crippen LogP contribution in [-0.4, -0.2) is 41.7 Å². The predicted octanol–water partition coefficient (Wildman–Crippen LogP) is 2.32. The molecule has 6 heteroatoms. The highest BCUT2D eigenvalue weighted by molar-refractivity contribution is 5.78. The highest BCUT2D eigenvalue weighted by atomic mass is 19.4. The molecule has 2 unspecified atom stereocenters. The minimum Gasteiger partial charge on any atom is -0.337 e. The van der Waals surface area contributed by atoms with Crippen molar-refractivity contribution in [3.8, 4) is 0 Å². The zero-order chi connectivity index (χ0) is 14.3. The summed E-state index contributed by atoms with van der Waals surface area (Å²) in [6, 6.07) is 0.133. The molecule has 0 spiro atoms. The molecule has 2 fully saturated rings. The van der Waals surface area contributed by atoms with Crippen LogP contribution in [0.5, 0.6) is 0 Å². The van der Waals surface area contributed by atoms with Crippen molar-refractivity contribution in [3.63, 3.8) is 0 Å². The van der Waals surface area contributed by atoms with Gasteiger partial charge in [0.1, 0.15) is 0 Å². The summed E-state index contributed by atoms with van der Waals surface area (Å²) in [7, 11) is 0. The van der Waals surface area contributed by atoms with Gasteiger partial charge in [-0.2, -0.15) is 13.2 Å². The lowest BCUT2D eigenvalue weighted by molar-refractivity contribution is -0.192. The van der Waals surface area contributed by atoms with Crippen LogP contribution in [0.1, 0.15) is 39.5 Å². The van der Waals surface area contributed by atoms with Gasteiger partial charge in [0.25, 0.3) is 0 Å². The van der Waals surface area contributed by atoms with E-state index in [-0.39, 0.29) is 24.9 Å². The summed E-state index contributed by atoms with van der Waals surface area (Å²) < 4.78 is 38.8. The molecule has 0 saturated carbocycles. The molecule has 0 aromatic rings. The van der Waals surface area contributed by atoms with Gasteiger partial charge >= 0.3 is 6.18 Å². The fourth-order valence-electron chi connectivity index (χ4n) is 3.35. The lowest BCUT2D eigenvalue weighted by Gasteiger charge is -2.37. The lowest BCUT2D eigenvalue weighted by Crippen LogP contribution is -2.50. The Morgan fingerprint density at radius 1 is 1.37 bits per heavy atom. The third kappa shape index (κ3) is 2.88. The number of alkyl halides is 3. The Morgan fingerprint density at radius 2 is 2.05 bits per heavy atom. The fourth-order valence-corrected chi connectivity index (χ4v) is 3.35. The van der Waals surface area contributed by atoms with Gasteiger partial charge in [-0.1, -0.05) is 0 Å². The molecular formula is C13H21F3N2O. The van der Waals surface area contributed by atoms with E-state index in [1.165, 1.54) is 18.7 Å². The molecule has 0 aliphatic carbocycles. The molecule has 19 heavy (non-hydrogen) atoms. The number of carbonyl (C=O) groups excluding carboxylic acids is 1. The maximum Gasteiger partial charge on any atom is 0.394 e. The van der Waals surface area contributed by atoms with Crippen LogP contribution in [-0.2, 0) is 4.79 Å². The highest BCUT2D eigenvalue weighted by Gasteiger charge is 2.56. The average molecular weight is 278 g/mol. The number of halogens is 3. The molecule has 1 amide bonds. The fraction of sp³-hybridized carbons (Fsp3) is 0.923. The van der Waals surface area contributed by atoms with Gasteiger partial charge in [-0.05, 0) is 39.7 Å². The Labute approximate surface area is 111 Å². The quantitative estimate of drug-likeness (QED) is 0.840. The van der Waals surface area contributed by atoms with E-state index < -0.39 is 17.6 Å². The smallest absolute Gasteiger partial charge is 0.337 e. The van der Waals surface area contributed by atoms with Crippen molar-refractivity contribution in [1.82, 2.24) is 10.2 Å². The van der Waals surface area contributed by atoms with E-state index in [0.29, 0.717) is 6.42 Å². The van der Waals surface area contributed by atoms with E-state index in [1.54, 1.807) is 0 Å². The third-order valence-electron chi connectivity index (χ3n) is 4.47. The predicted molar refractivity (Wildman–Crippen MR) is 65.6 cm³/mol. The van der Waals surface area contributed by atoms with E-state index in [2.05, 4.69) is 5.32 Å². The summed E-state index contributed by atoms with van der Waals surface area (Å²) >= 11 is 0. The van der Waals surface area contributed by atoms with Crippen molar-refractivity contribution in [3.05, 3.63) is 0 Å². The maximum atomic E-state index is 12.9. The van der Waals surface area contributed by atoms with Crippen LogP contribution in [0, 0.1) is 5.92 Å². The highest BCUT2D eigenvalue weighted by Crippen LogP contribution is 2.44. The summed E-state index contributed by atoms with van der Waals surface area (Å²) in [6.07, 6.45) is -1.94. The van der Waals surface area contributed by atoms with Crippen molar-refractivity contribution in [2.75, 3.05) is 13.1 Å². The van der Waals surface area contributed by atoms with Crippen molar-refractivity contribution in [2.24, 2.45) is 5.92 Å². The Bertz CT molecular complexity index is 348. The molecule has 2 heterocycles. The monoisotopic (exact) mass is 278 g/mol. The third-order valence-corrected chi connectivity index (χ3v) is 4.47. The van der Waals surface area contributed by atoms with Crippen molar-refractivity contribution in [2.45, 2.75) is 57.3 Å². The first-order valence-electron chi connectivity index (χ1n) is 6.83. The van der Waals surface area contributed by atoms with Crippen LogP contribution >= 0.6 is 0 Å². The van der Waals surface area contributed by atoms with E-state index in [1.807, 2.05) is 0 Å². The number of carbonyl (C=O) groups is 1. The number of hydrogen-bond donors (Lipinski definition) is 1. The number of nitrogens with zero attached hydrogens (tertiary/aromatic N) is 1. The summed E-state index contributed by atoms with van der Waals surface area (Å²) in [6.45, 7) is 4.16. The summed E-state index contributed by atoms with van der Waals surface area (Å²) in [5.41, 5.74) is -1.13. The van der Waals surface area contributed by atoms with Gasteiger partial charge in [0, 0.05) is 24.5 Å². The second-order valence-corrected chi connectivity index (χ2v) is 6.08. The van der Waals surface area contributed by atoms with Crippen LogP contribution < -0.4 is 5.32 Å². The largest absolute Gasteiger partial charge is 0.394 e. The van der Waals surface area contributed by atoms with Crippen LogP contribution in [0.3, 0.4) is 0 Å². The minimum absolute atomic E-state index is 0.0142. The number of nitrogens with one attached hydrogen (secondary N) is 1. The molecule has 2 atom stereocenters. The Hall–Kier alpha value is -0.780. The topological polar surface area (TPSA) is 32.3 Å². The van der Waals surface area contributed by atoms with Crippen LogP contribution in [0.25, 0.3) is 0 Å². The van der Waals surface area contributed by atoms with Crippen molar-refractivity contribution >= 4 is 5.91 Å². The number of likely N-dealkylation sites (tertiary alicyclic amines) is 1. The minimum atomic E-state index is -4.23. The Kier molecular flexibility index (Phi) is 3.82. The van der Waals surface area contributed by atoms with Gasteiger partial charge < -0.3 is 10.2 Å². The van der Waals surface area contributed by atoms with Crippen LogP contribution in [0.2, 0.25) is 0 Å². The Morgan fingerprint density at radius 3 is 2.53 bits per heavy atom. The molecule has 2 aliphatic rings. The van der Waals surface area contributed by atoms with Gasteiger partial charge in [0.05, 0.1) is 5.92 Å². The van der Waals surface area contributed by atoms with Crippen LogP contribution in [0.15, 0.2) is 0 Å². The molecule has 0 aromatic heterocycles. The number of rotatable bonds is 2. The molecule has 3 nitrogen and oxygen atoms in total. The molecule has 2 rings (SSSR count). The first-order chi connectivity index (χ1) is 8.73. The molecule has 0 radical (unpaired) electrons.